The minimum atomic E-state index is -0.789. The predicted molar refractivity (Wildman–Crippen MR) is 75.3 cm³/mol. The van der Waals surface area contributed by atoms with Crippen molar-refractivity contribution in [1.82, 2.24) is 4.90 Å². The highest BCUT2D eigenvalue weighted by atomic mass is 16.5. The first kappa shape index (κ1) is 15.7. The molecule has 0 amide bonds. The zero-order chi connectivity index (χ0) is 14.1. The van der Waals surface area contributed by atoms with Crippen molar-refractivity contribution in [2.75, 3.05) is 26.8 Å². The van der Waals surface area contributed by atoms with Gasteiger partial charge in [0, 0.05) is 19.7 Å². The van der Waals surface area contributed by atoms with Crippen LogP contribution >= 0.6 is 0 Å². The van der Waals surface area contributed by atoms with Crippen LogP contribution in [0.3, 0.4) is 0 Å². The summed E-state index contributed by atoms with van der Waals surface area (Å²) in [5.74, 6) is -0.789. The monoisotopic (exact) mass is 265 g/mol. The van der Waals surface area contributed by atoms with Gasteiger partial charge in [-0.15, -0.1) is 0 Å². The summed E-state index contributed by atoms with van der Waals surface area (Å²) >= 11 is 0. The summed E-state index contributed by atoms with van der Waals surface area (Å²) in [6.45, 7) is 3.36. The van der Waals surface area contributed by atoms with E-state index in [1.807, 2.05) is 23.1 Å². The summed E-state index contributed by atoms with van der Waals surface area (Å²) in [7, 11) is 1.64. The first-order valence-corrected chi connectivity index (χ1v) is 6.66. The Bertz CT molecular complexity index is 367. The van der Waals surface area contributed by atoms with Crippen molar-refractivity contribution in [3.05, 3.63) is 35.9 Å². The highest BCUT2D eigenvalue weighted by molar-refractivity contribution is 5.69. The number of ether oxygens (including phenoxy) is 1. The van der Waals surface area contributed by atoms with Gasteiger partial charge in [0.15, 0.2) is 0 Å². The molecular formula is C15H23NO3. The third-order valence-corrected chi connectivity index (χ3v) is 3.22. The molecule has 4 heteroatoms. The highest BCUT2D eigenvalue weighted by Crippen LogP contribution is 2.12. The molecule has 0 aliphatic carbocycles. The Morgan fingerprint density at radius 2 is 2.05 bits per heavy atom. The number of nitrogens with zero attached hydrogens (tertiary/aromatic N) is 1. The quantitative estimate of drug-likeness (QED) is 0.742. The van der Waals surface area contributed by atoms with Crippen molar-refractivity contribution in [3.63, 3.8) is 0 Å². The van der Waals surface area contributed by atoms with E-state index in [-0.39, 0.29) is 12.6 Å². The van der Waals surface area contributed by atoms with E-state index in [1.54, 1.807) is 7.11 Å². The minimum Gasteiger partial charge on any atom is -0.480 e. The van der Waals surface area contributed by atoms with Crippen molar-refractivity contribution >= 4 is 5.97 Å². The van der Waals surface area contributed by atoms with Crippen LogP contribution in [0.25, 0.3) is 0 Å². The minimum absolute atomic E-state index is 0.0642. The number of carboxylic acid groups (broad SMARTS) is 1. The molecule has 1 atom stereocenters. The zero-order valence-electron chi connectivity index (χ0n) is 11.7. The van der Waals surface area contributed by atoms with Gasteiger partial charge in [-0.2, -0.15) is 0 Å². The van der Waals surface area contributed by atoms with E-state index in [2.05, 4.69) is 19.1 Å². The maximum Gasteiger partial charge on any atom is 0.317 e. The molecule has 0 radical (unpaired) electrons. The van der Waals surface area contributed by atoms with E-state index in [0.717, 1.165) is 12.8 Å². The molecule has 0 saturated heterocycles. The third-order valence-electron chi connectivity index (χ3n) is 3.22. The maximum atomic E-state index is 11.0. The Kier molecular flexibility index (Phi) is 7.15. The fourth-order valence-corrected chi connectivity index (χ4v) is 2.19. The van der Waals surface area contributed by atoms with E-state index in [4.69, 9.17) is 9.84 Å². The summed E-state index contributed by atoms with van der Waals surface area (Å²) in [6.07, 6.45) is 1.79. The smallest absolute Gasteiger partial charge is 0.317 e. The molecule has 1 aromatic rings. The second-order valence-corrected chi connectivity index (χ2v) is 4.61. The van der Waals surface area contributed by atoms with Crippen LogP contribution in [0.5, 0.6) is 0 Å². The number of carboxylic acids is 1. The maximum absolute atomic E-state index is 11.0. The summed E-state index contributed by atoms with van der Waals surface area (Å²) in [6, 6.07) is 10.4. The lowest BCUT2D eigenvalue weighted by atomic mass is 10.0. The fraction of sp³-hybridized carbons (Fsp3) is 0.533. The second kappa shape index (κ2) is 8.67. The van der Waals surface area contributed by atoms with Crippen LogP contribution in [0.4, 0.5) is 0 Å². The van der Waals surface area contributed by atoms with E-state index >= 15 is 0 Å². The van der Waals surface area contributed by atoms with Gasteiger partial charge in [-0.05, 0) is 18.4 Å². The SMILES string of the molecule is CCC(Cc1ccccc1)N(CCOC)CC(=O)O. The van der Waals surface area contributed by atoms with Gasteiger partial charge in [0.25, 0.3) is 0 Å². The molecule has 0 aromatic heterocycles. The van der Waals surface area contributed by atoms with Gasteiger partial charge in [0.1, 0.15) is 0 Å². The van der Waals surface area contributed by atoms with Crippen LogP contribution in [0.15, 0.2) is 30.3 Å². The Labute approximate surface area is 115 Å². The predicted octanol–water partition coefficient (Wildman–Crippen LogP) is 2.04. The van der Waals surface area contributed by atoms with Gasteiger partial charge in [-0.25, -0.2) is 0 Å². The Morgan fingerprint density at radius 1 is 1.37 bits per heavy atom. The van der Waals surface area contributed by atoms with E-state index < -0.39 is 5.97 Å². The number of benzene rings is 1. The van der Waals surface area contributed by atoms with Crippen LogP contribution in [-0.2, 0) is 16.0 Å². The van der Waals surface area contributed by atoms with Crippen LogP contribution in [-0.4, -0.2) is 48.8 Å². The molecule has 0 aliphatic rings. The first-order valence-electron chi connectivity index (χ1n) is 6.66. The van der Waals surface area contributed by atoms with E-state index in [1.165, 1.54) is 5.56 Å². The lowest BCUT2D eigenvalue weighted by Crippen LogP contribution is -2.42. The second-order valence-electron chi connectivity index (χ2n) is 4.61. The van der Waals surface area contributed by atoms with Crippen LogP contribution in [0.1, 0.15) is 18.9 Å². The fourth-order valence-electron chi connectivity index (χ4n) is 2.19. The molecule has 0 bridgehead atoms. The summed E-state index contributed by atoms with van der Waals surface area (Å²) < 4.78 is 5.06. The Morgan fingerprint density at radius 3 is 2.58 bits per heavy atom. The third kappa shape index (κ3) is 5.85. The van der Waals surface area contributed by atoms with Crippen molar-refractivity contribution in [2.24, 2.45) is 0 Å². The molecule has 1 rings (SSSR count). The van der Waals surface area contributed by atoms with Crippen molar-refractivity contribution < 1.29 is 14.6 Å². The molecule has 1 unspecified atom stereocenters. The number of methoxy groups -OCH3 is 1. The Hall–Kier alpha value is -1.39. The Balaban J connectivity index is 2.68. The van der Waals surface area contributed by atoms with Gasteiger partial charge in [0.05, 0.1) is 13.2 Å². The first-order chi connectivity index (χ1) is 9.17. The van der Waals surface area contributed by atoms with Gasteiger partial charge < -0.3 is 9.84 Å². The topological polar surface area (TPSA) is 49.8 Å². The average molecular weight is 265 g/mol. The number of hydrogen-bond donors (Lipinski definition) is 1. The van der Waals surface area contributed by atoms with Gasteiger partial charge in [-0.1, -0.05) is 37.3 Å². The highest BCUT2D eigenvalue weighted by Gasteiger charge is 2.19. The number of carbonyl (C=O) groups is 1. The van der Waals surface area contributed by atoms with E-state index in [0.29, 0.717) is 13.2 Å². The molecule has 1 N–H and O–H groups in total. The summed E-state index contributed by atoms with van der Waals surface area (Å²) in [5.41, 5.74) is 1.24. The molecule has 0 heterocycles. The van der Waals surface area contributed by atoms with Crippen LogP contribution in [0.2, 0.25) is 0 Å². The molecule has 4 nitrogen and oxygen atoms in total. The van der Waals surface area contributed by atoms with Crippen molar-refractivity contribution in [1.29, 1.82) is 0 Å². The average Bonchev–Trinajstić information content (AvgIpc) is 2.41. The van der Waals surface area contributed by atoms with Crippen LogP contribution in [0, 0.1) is 0 Å². The lowest BCUT2D eigenvalue weighted by molar-refractivity contribution is -0.139. The summed E-state index contributed by atoms with van der Waals surface area (Å²) in [5, 5.41) is 9.01. The molecule has 0 aliphatic heterocycles. The zero-order valence-corrected chi connectivity index (χ0v) is 11.7. The molecule has 0 saturated carbocycles. The standard InChI is InChI=1S/C15H23NO3/c1-3-14(11-13-7-5-4-6-8-13)16(9-10-19-2)12-15(17)18/h4-8,14H,3,9-12H2,1-2H3,(H,17,18). The van der Waals surface area contributed by atoms with Crippen LogP contribution < -0.4 is 0 Å². The lowest BCUT2D eigenvalue weighted by Gasteiger charge is -2.29. The number of rotatable bonds is 9. The molecule has 0 fully saturated rings. The molecule has 106 valence electrons. The van der Waals surface area contributed by atoms with E-state index in [9.17, 15) is 4.79 Å². The molecule has 0 spiro atoms. The number of hydrogen-bond acceptors (Lipinski definition) is 3. The normalized spacial score (nSPS) is 12.6. The van der Waals surface area contributed by atoms with Gasteiger partial charge in [-0.3, -0.25) is 9.69 Å². The largest absolute Gasteiger partial charge is 0.480 e. The van der Waals surface area contributed by atoms with Crippen molar-refractivity contribution in [3.8, 4) is 0 Å². The van der Waals surface area contributed by atoms with Gasteiger partial charge in [0.2, 0.25) is 0 Å². The molecule has 1 aromatic carbocycles. The van der Waals surface area contributed by atoms with Gasteiger partial charge >= 0.3 is 5.97 Å². The summed E-state index contributed by atoms with van der Waals surface area (Å²) in [4.78, 5) is 12.9. The number of aliphatic carboxylic acids is 1. The van der Waals surface area contributed by atoms with Crippen molar-refractivity contribution in [2.45, 2.75) is 25.8 Å². The molecule has 19 heavy (non-hydrogen) atoms. The molecular weight excluding hydrogens is 242 g/mol.